The van der Waals surface area contributed by atoms with Crippen molar-refractivity contribution in [3.05, 3.63) is 0 Å². The van der Waals surface area contributed by atoms with E-state index < -0.39 is 6.04 Å². The molecule has 0 fully saturated rings. The quantitative estimate of drug-likeness (QED) is 0.526. The molecule has 0 aromatic carbocycles. The van der Waals surface area contributed by atoms with Crippen LogP contribution in [-0.2, 0) is 9.59 Å². The van der Waals surface area contributed by atoms with Gasteiger partial charge in [-0.3, -0.25) is 9.59 Å². The van der Waals surface area contributed by atoms with Gasteiger partial charge in [0.1, 0.15) is 6.04 Å². The molecule has 2 N–H and O–H groups in total. The van der Waals surface area contributed by atoms with Crippen LogP contribution in [0.1, 0.15) is 13.3 Å². The average molecular weight is 190 g/mol. The number of thiol groups is 1. The SMILES string of the molecule is CNC(=O)[C@H](CCS)NC(C)=O. The van der Waals surface area contributed by atoms with Gasteiger partial charge in [0, 0.05) is 14.0 Å². The lowest BCUT2D eigenvalue weighted by Gasteiger charge is -2.14. The van der Waals surface area contributed by atoms with Gasteiger partial charge in [-0.2, -0.15) is 12.6 Å². The number of carbonyl (C=O) groups is 2. The molecule has 0 unspecified atom stereocenters. The van der Waals surface area contributed by atoms with E-state index in [4.69, 9.17) is 0 Å². The first-order valence-corrected chi connectivity index (χ1v) is 4.34. The average Bonchev–Trinajstić information content (AvgIpc) is 2.01. The summed E-state index contributed by atoms with van der Waals surface area (Å²) < 4.78 is 0. The summed E-state index contributed by atoms with van der Waals surface area (Å²) in [6.45, 7) is 1.38. The molecule has 1 atom stereocenters. The Morgan fingerprint density at radius 3 is 2.42 bits per heavy atom. The summed E-state index contributed by atoms with van der Waals surface area (Å²) in [6, 6.07) is -0.454. The molecule has 0 aromatic heterocycles. The summed E-state index contributed by atoms with van der Waals surface area (Å²) in [7, 11) is 1.54. The van der Waals surface area contributed by atoms with E-state index in [1.54, 1.807) is 0 Å². The van der Waals surface area contributed by atoms with Gasteiger partial charge < -0.3 is 10.6 Å². The number of hydrogen-bond acceptors (Lipinski definition) is 3. The number of likely N-dealkylation sites (N-methyl/N-ethyl adjacent to an activating group) is 1. The lowest BCUT2D eigenvalue weighted by atomic mass is 10.2. The zero-order valence-corrected chi connectivity index (χ0v) is 8.15. The number of hydrogen-bond donors (Lipinski definition) is 3. The molecule has 0 aliphatic rings. The predicted molar refractivity (Wildman–Crippen MR) is 50.1 cm³/mol. The minimum atomic E-state index is -0.454. The van der Waals surface area contributed by atoms with Crippen LogP contribution in [0.3, 0.4) is 0 Å². The first kappa shape index (κ1) is 11.3. The Balaban J connectivity index is 4.02. The van der Waals surface area contributed by atoms with E-state index in [0.29, 0.717) is 12.2 Å². The van der Waals surface area contributed by atoms with Gasteiger partial charge in [-0.15, -0.1) is 0 Å². The number of nitrogens with one attached hydrogen (secondary N) is 2. The van der Waals surface area contributed by atoms with Gasteiger partial charge in [0.15, 0.2) is 0 Å². The van der Waals surface area contributed by atoms with Gasteiger partial charge in [0.25, 0.3) is 0 Å². The first-order chi connectivity index (χ1) is 5.61. The largest absolute Gasteiger partial charge is 0.357 e. The fourth-order valence-electron chi connectivity index (χ4n) is 0.818. The Labute approximate surface area is 77.5 Å². The molecule has 0 saturated heterocycles. The van der Waals surface area contributed by atoms with Crippen molar-refractivity contribution in [2.75, 3.05) is 12.8 Å². The molecule has 0 radical (unpaired) electrons. The Morgan fingerprint density at radius 2 is 2.08 bits per heavy atom. The third-order valence-electron chi connectivity index (χ3n) is 1.36. The van der Waals surface area contributed by atoms with Gasteiger partial charge in [0.2, 0.25) is 11.8 Å². The summed E-state index contributed by atoms with van der Waals surface area (Å²) in [5.74, 6) is 0.183. The monoisotopic (exact) mass is 190 g/mol. The lowest BCUT2D eigenvalue weighted by molar-refractivity contribution is -0.127. The van der Waals surface area contributed by atoms with E-state index in [9.17, 15) is 9.59 Å². The van der Waals surface area contributed by atoms with Crippen LogP contribution < -0.4 is 10.6 Å². The van der Waals surface area contributed by atoms with Crippen LogP contribution in [0, 0.1) is 0 Å². The predicted octanol–water partition coefficient (Wildman–Crippen LogP) is -0.443. The topological polar surface area (TPSA) is 58.2 Å². The van der Waals surface area contributed by atoms with Crippen LogP contribution in [0.25, 0.3) is 0 Å². The van der Waals surface area contributed by atoms with Crippen LogP contribution >= 0.6 is 12.6 Å². The summed E-state index contributed by atoms with van der Waals surface area (Å²) in [5.41, 5.74) is 0. The maximum absolute atomic E-state index is 11.1. The van der Waals surface area contributed by atoms with Crippen LogP contribution in [0.2, 0.25) is 0 Å². The highest BCUT2D eigenvalue weighted by molar-refractivity contribution is 7.80. The second-order valence-corrected chi connectivity index (χ2v) is 2.83. The first-order valence-electron chi connectivity index (χ1n) is 3.71. The zero-order valence-electron chi connectivity index (χ0n) is 7.26. The van der Waals surface area contributed by atoms with E-state index in [0.717, 1.165) is 0 Å². The van der Waals surface area contributed by atoms with Crippen molar-refractivity contribution < 1.29 is 9.59 Å². The molecule has 0 heterocycles. The van der Waals surface area contributed by atoms with Crippen LogP contribution in [-0.4, -0.2) is 30.7 Å². The summed E-state index contributed by atoms with van der Waals surface area (Å²) in [4.78, 5) is 21.7. The second-order valence-electron chi connectivity index (χ2n) is 2.38. The van der Waals surface area contributed by atoms with Gasteiger partial charge in [-0.25, -0.2) is 0 Å². The van der Waals surface area contributed by atoms with Crippen molar-refractivity contribution >= 4 is 24.4 Å². The third-order valence-corrected chi connectivity index (χ3v) is 1.62. The summed E-state index contributed by atoms with van der Waals surface area (Å²) in [6.07, 6.45) is 0.544. The maximum Gasteiger partial charge on any atom is 0.242 e. The zero-order chi connectivity index (χ0) is 9.56. The standard InChI is InChI=1S/C7H14N2O2S/c1-5(10)9-6(3-4-12)7(11)8-2/h6,12H,3-4H2,1-2H3,(H,8,11)(H,9,10)/t6-/m0/s1. The maximum atomic E-state index is 11.1. The molecular formula is C7H14N2O2S. The molecular weight excluding hydrogens is 176 g/mol. The summed E-state index contributed by atoms with van der Waals surface area (Å²) in [5, 5.41) is 5.00. The van der Waals surface area contributed by atoms with Crippen LogP contribution in [0.15, 0.2) is 0 Å². The number of amides is 2. The second kappa shape index (κ2) is 5.88. The van der Waals surface area contributed by atoms with Crippen molar-refractivity contribution in [2.45, 2.75) is 19.4 Å². The minimum absolute atomic E-state index is 0.181. The Kier molecular flexibility index (Phi) is 5.53. The Hall–Kier alpha value is -0.710. The van der Waals surface area contributed by atoms with E-state index in [1.165, 1.54) is 14.0 Å². The Bertz CT molecular complexity index is 173. The molecule has 70 valence electrons. The van der Waals surface area contributed by atoms with E-state index in [-0.39, 0.29) is 11.8 Å². The fraction of sp³-hybridized carbons (Fsp3) is 0.714. The minimum Gasteiger partial charge on any atom is -0.357 e. The van der Waals surface area contributed by atoms with Crippen LogP contribution in [0.4, 0.5) is 0 Å². The van der Waals surface area contributed by atoms with Crippen molar-refractivity contribution in [3.63, 3.8) is 0 Å². The van der Waals surface area contributed by atoms with Gasteiger partial charge in [-0.1, -0.05) is 0 Å². The smallest absolute Gasteiger partial charge is 0.242 e. The lowest BCUT2D eigenvalue weighted by Crippen LogP contribution is -2.45. The third kappa shape index (κ3) is 4.23. The molecule has 0 bridgehead atoms. The molecule has 12 heavy (non-hydrogen) atoms. The summed E-state index contributed by atoms with van der Waals surface area (Å²) >= 11 is 3.98. The van der Waals surface area contributed by atoms with E-state index in [2.05, 4.69) is 23.3 Å². The fourth-order valence-corrected chi connectivity index (χ4v) is 1.08. The number of carbonyl (C=O) groups excluding carboxylic acids is 2. The molecule has 0 aromatic rings. The molecule has 5 heteroatoms. The van der Waals surface area contributed by atoms with Crippen molar-refractivity contribution in [1.82, 2.24) is 10.6 Å². The van der Waals surface area contributed by atoms with Crippen LogP contribution in [0.5, 0.6) is 0 Å². The Morgan fingerprint density at radius 1 is 1.50 bits per heavy atom. The number of rotatable bonds is 4. The van der Waals surface area contributed by atoms with Crippen molar-refractivity contribution in [3.8, 4) is 0 Å². The molecule has 0 saturated carbocycles. The highest BCUT2D eigenvalue weighted by atomic mass is 32.1. The van der Waals surface area contributed by atoms with Crippen molar-refractivity contribution in [2.24, 2.45) is 0 Å². The molecule has 0 aliphatic carbocycles. The highest BCUT2D eigenvalue weighted by Crippen LogP contribution is 1.94. The van der Waals surface area contributed by atoms with E-state index >= 15 is 0 Å². The van der Waals surface area contributed by atoms with E-state index in [1.807, 2.05) is 0 Å². The molecule has 0 spiro atoms. The van der Waals surface area contributed by atoms with Gasteiger partial charge in [-0.05, 0) is 12.2 Å². The van der Waals surface area contributed by atoms with Gasteiger partial charge >= 0.3 is 0 Å². The molecule has 2 amide bonds. The molecule has 4 nitrogen and oxygen atoms in total. The van der Waals surface area contributed by atoms with Crippen molar-refractivity contribution in [1.29, 1.82) is 0 Å². The normalized spacial score (nSPS) is 11.9. The molecule has 0 rings (SSSR count). The van der Waals surface area contributed by atoms with Gasteiger partial charge in [0.05, 0.1) is 0 Å². The molecule has 0 aliphatic heterocycles. The highest BCUT2D eigenvalue weighted by Gasteiger charge is 2.16.